The van der Waals surface area contributed by atoms with Gasteiger partial charge < -0.3 is 15.2 Å². The Bertz CT molecular complexity index is 654. The molecule has 124 valence electrons. The minimum atomic E-state index is -4.53. The van der Waals surface area contributed by atoms with Crippen LogP contribution in [0, 0.1) is 0 Å². The van der Waals surface area contributed by atoms with Crippen LogP contribution in [0.5, 0.6) is 17.2 Å². The summed E-state index contributed by atoms with van der Waals surface area (Å²) >= 11 is 0. The number of alkyl halides is 3. The van der Waals surface area contributed by atoms with Crippen LogP contribution >= 0.6 is 0 Å². The zero-order valence-corrected chi connectivity index (χ0v) is 12.9. The molecular weight excluding hydrogens is 307 g/mol. The zero-order valence-electron chi connectivity index (χ0n) is 12.9. The summed E-state index contributed by atoms with van der Waals surface area (Å²) in [4.78, 5) is 0. The second-order valence-electron chi connectivity index (χ2n) is 5.05. The summed E-state index contributed by atoms with van der Waals surface area (Å²) in [5.41, 5.74) is 5.93. The molecule has 0 aromatic heterocycles. The summed E-state index contributed by atoms with van der Waals surface area (Å²) in [5.74, 6) is 0.160. The van der Waals surface area contributed by atoms with Gasteiger partial charge in [0.25, 0.3) is 0 Å². The van der Waals surface area contributed by atoms with Gasteiger partial charge in [0, 0.05) is 6.04 Å². The highest BCUT2D eigenvalue weighted by Crippen LogP contribution is 2.40. The molecule has 0 heterocycles. The molecule has 2 rings (SSSR count). The van der Waals surface area contributed by atoms with E-state index in [1.54, 1.807) is 24.3 Å². The van der Waals surface area contributed by atoms with Gasteiger partial charge in [0.1, 0.15) is 22.8 Å². The summed E-state index contributed by atoms with van der Waals surface area (Å²) in [6.45, 7) is 1.96. The Morgan fingerprint density at radius 2 is 1.65 bits per heavy atom. The number of benzene rings is 2. The van der Waals surface area contributed by atoms with Gasteiger partial charge in [-0.15, -0.1) is 0 Å². The lowest BCUT2D eigenvalue weighted by molar-refractivity contribution is -0.138. The van der Waals surface area contributed by atoms with Crippen LogP contribution in [-0.2, 0) is 6.18 Å². The summed E-state index contributed by atoms with van der Waals surface area (Å²) < 4.78 is 49.6. The van der Waals surface area contributed by atoms with Crippen molar-refractivity contribution >= 4 is 0 Å². The van der Waals surface area contributed by atoms with Crippen molar-refractivity contribution in [3.8, 4) is 17.2 Å². The molecule has 23 heavy (non-hydrogen) atoms. The van der Waals surface area contributed by atoms with E-state index >= 15 is 0 Å². The van der Waals surface area contributed by atoms with Crippen molar-refractivity contribution in [2.45, 2.75) is 25.6 Å². The molecule has 0 amide bonds. The molecule has 0 aliphatic carbocycles. The van der Waals surface area contributed by atoms with E-state index in [2.05, 4.69) is 0 Å². The Kier molecular flexibility index (Phi) is 5.15. The third-order valence-corrected chi connectivity index (χ3v) is 3.47. The lowest BCUT2D eigenvalue weighted by atomic mass is 10.1. The standard InChI is InChI=1S/C17H18F3NO2/c1-3-15(21)11-4-6-12(7-5-11)23-16-9-8-13(22-2)10-14(16)17(18,19)20/h4-10,15H,3,21H2,1-2H3. The first kappa shape index (κ1) is 17.1. The van der Waals surface area contributed by atoms with Gasteiger partial charge in [-0.3, -0.25) is 0 Å². The summed E-state index contributed by atoms with van der Waals surface area (Å²) in [5, 5.41) is 0. The van der Waals surface area contributed by atoms with Gasteiger partial charge in [0.2, 0.25) is 0 Å². The van der Waals surface area contributed by atoms with Crippen LogP contribution in [0.3, 0.4) is 0 Å². The predicted octanol–water partition coefficient (Wildman–Crippen LogP) is 4.92. The number of methoxy groups -OCH3 is 1. The first-order chi connectivity index (χ1) is 10.8. The van der Waals surface area contributed by atoms with E-state index in [-0.39, 0.29) is 17.5 Å². The number of halogens is 3. The molecule has 0 fully saturated rings. The smallest absolute Gasteiger partial charge is 0.420 e. The molecule has 1 atom stereocenters. The molecule has 0 saturated carbocycles. The lowest BCUT2D eigenvalue weighted by Crippen LogP contribution is -2.08. The number of rotatable bonds is 5. The third kappa shape index (κ3) is 4.16. The van der Waals surface area contributed by atoms with Crippen LogP contribution in [-0.4, -0.2) is 7.11 Å². The summed E-state index contributed by atoms with van der Waals surface area (Å²) in [6.07, 6.45) is -3.76. The van der Waals surface area contributed by atoms with Gasteiger partial charge in [-0.05, 0) is 42.3 Å². The molecule has 3 nitrogen and oxygen atoms in total. The number of hydrogen-bond acceptors (Lipinski definition) is 3. The van der Waals surface area contributed by atoms with E-state index in [1.807, 2.05) is 6.92 Å². The second-order valence-corrected chi connectivity index (χ2v) is 5.05. The van der Waals surface area contributed by atoms with Crippen molar-refractivity contribution in [1.82, 2.24) is 0 Å². The Hall–Kier alpha value is -2.21. The van der Waals surface area contributed by atoms with Crippen molar-refractivity contribution in [3.63, 3.8) is 0 Å². The van der Waals surface area contributed by atoms with Crippen molar-refractivity contribution in [1.29, 1.82) is 0 Å². The Labute approximate surface area is 132 Å². The number of hydrogen-bond donors (Lipinski definition) is 1. The van der Waals surface area contributed by atoms with Crippen LogP contribution in [0.4, 0.5) is 13.2 Å². The highest BCUT2D eigenvalue weighted by Gasteiger charge is 2.35. The summed E-state index contributed by atoms with van der Waals surface area (Å²) in [6, 6.07) is 10.2. The molecule has 0 spiro atoms. The fraction of sp³-hybridized carbons (Fsp3) is 0.294. The van der Waals surface area contributed by atoms with Crippen molar-refractivity contribution < 1.29 is 22.6 Å². The molecule has 0 bridgehead atoms. The van der Waals surface area contributed by atoms with Crippen LogP contribution < -0.4 is 15.2 Å². The second kappa shape index (κ2) is 6.91. The van der Waals surface area contributed by atoms with E-state index in [9.17, 15) is 13.2 Å². The van der Waals surface area contributed by atoms with Gasteiger partial charge in [-0.25, -0.2) is 0 Å². The van der Waals surface area contributed by atoms with Crippen LogP contribution in [0.15, 0.2) is 42.5 Å². The van der Waals surface area contributed by atoms with Crippen molar-refractivity contribution in [3.05, 3.63) is 53.6 Å². The first-order valence-corrected chi connectivity index (χ1v) is 7.13. The molecule has 1 unspecified atom stereocenters. The molecular formula is C17H18F3NO2. The number of ether oxygens (including phenoxy) is 2. The molecule has 6 heteroatoms. The maximum atomic E-state index is 13.1. The normalized spacial score (nSPS) is 12.8. The summed E-state index contributed by atoms with van der Waals surface area (Å²) in [7, 11) is 1.31. The van der Waals surface area contributed by atoms with E-state index < -0.39 is 11.7 Å². The van der Waals surface area contributed by atoms with Gasteiger partial charge in [-0.1, -0.05) is 19.1 Å². The van der Waals surface area contributed by atoms with E-state index in [1.165, 1.54) is 19.2 Å². The minimum Gasteiger partial charge on any atom is -0.497 e. The molecule has 0 aliphatic heterocycles. The monoisotopic (exact) mass is 325 g/mol. The van der Waals surface area contributed by atoms with Gasteiger partial charge in [0.15, 0.2) is 0 Å². The van der Waals surface area contributed by atoms with E-state index in [4.69, 9.17) is 15.2 Å². The van der Waals surface area contributed by atoms with Crippen LogP contribution in [0.1, 0.15) is 30.5 Å². The highest BCUT2D eigenvalue weighted by atomic mass is 19.4. The fourth-order valence-electron chi connectivity index (χ4n) is 2.09. The number of nitrogens with two attached hydrogens (primary N) is 1. The highest BCUT2D eigenvalue weighted by molar-refractivity contribution is 5.44. The average Bonchev–Trinajstić information content (AvgIpc) is 2.54. The fourth-order valence-corrected chi connectivity index (χ4v) is 2.09. The SMILES string of the molecule is CCC(N)c1ccc(Oc2ccc(OC)cc2C(F)(F)F)cc1. The maximum absolute atomic E-state index is 13.1. The zero-order chi connectivity index (χ0) is 17.0. The van der Waals surface area contributed by atoms with Crippen molar-refractivity contribution in [2.24, 2.45) is 5.73 Å². The molecule has 2 aromatic carbocycles. The molecule has 2 aromatic rings. The largest absolute Gasteiger partial charge is 0.497 e. The molecule has 0 saturated heterocycles. The topological polar surface area (TPSA) is 44.5 Å². The molecule has 0 aliphatic rings. The van der Waals surface area contributed by atoms with Gasteiger partial charge in [-0.2, -0.15) is 13.2 Å². The predicted molar refractivity (Wildman–Crippen MR) is 81.7 cm³/mol. The van der Waals surface area contributed by atoms with E-state index in [0.717, 1.165) is 18.1 Å². The Balaban J connectivity index is 2.29. The third-order valence-electron chi connectivity index (χ3n) is 3.47. The lowest BCUT2D eigenvalue weighted by Gasteiger charge is -2.15. The average molecular weight is 325 g/mol. The van der Waals surface area contributed by atoms with Gasteiger partial charge in [0.05, 0.1) is 7.11 Å². The van der Waals surface area contributed by atoms with Crippen LogP contribution in [0.25, 0.3) is 0 Å². The molecule has 0 radical (unpaired) electrons. The van der Waals surface area contributed by atoms with Gasteiger partial charge >= 0.3 is 6.18 Å². The molecule has 2 N–H and O–H groups in total. The minimum absolute atomic E-state index is 0.101. The first-order valence-electron chi connectivity index (χ1n) is 7.13. The van der Waals surface area contributed by atoms with E-state index in [0.29, 0.717) is 5.75 Å². The Morgan fingerprint density at radius 3 is 2.17 bits per heavy atom. The van der Waals surface area contributed by atoms with Crippen LogP contribution in [0.2, 0.25) is 0 Å². The van der Waals surface area contributed by atoms with Crippen molar-refractivity contribution in [2.75, 3.05) is 7.11 Å². The maximum Gasteiger partial charge on any atom is 0.420 e. The Morgan fingerprint density at radius 1 is 1.04 bits per heavy atom. The quantitative estimate of drug-likeness (QED) is 0.849.